The molecule has 5 rings (SSSR count). The van der Waals surface area contributed by atoms with Crippen LogP contribution in [0.2, 0.25) is 0 Å². The second-order valence-corrected chi connectivity index (χ2v) is 13.8. The third-order valence-corrected chi connectivity index (χ3v) is 10.1. The van der Waals surface area contributed by atoms with E-state index >= 15 is 8.78 Å². The van der Waals surface area contributed by atoms with Crippen LogP contribution < -0.4 is 5.32 Å². The molecular formula is C34H38F5NO4. The van der Waals surface area contributed by atoms with Gasteiger partial charge in [-0.25, -0.2) is 4.79 Å². The number of alkyl carbamates (subject to hydrolysis) is 1. The summed E-state index contributed by atoms with van der Waals surface area (Å²) in [7, 11) is 0. The first-order valence-electron chi connectivity index (χ1n) is 15.1. The van der Waals surface area contributed by atoms with E-state index in [1.807, 2.05) is 20.8 Å². The summed E-state index contributed by atoms with van der Waals surface area (Å²) in [6.07, 6.45) is -3.60. The van der Waals surface area contributed by atoms with Gasteiger partial charge in [0, 0.05) is 28.9 Å². The monoisotopic (exact) mass is 619 g/mol. The van der Waals surface area contributed by atoms with E-state index < -0.39 is 53.0 Å². The van der Waals surface area contributed by atoms with Crippen molar-refractivity contribution in [3.63, 3.8) is 0 Å². The number of halogens is 5. The number of amides is 1. The van der Waals surface area contributed by atoms with Crippen LogP contribution in [0.4, 0.5) is 26.7 Å². The third-order valence-electron chi connectivity index (χ3n) is 10.1. The van der Waals surface area contributed by atoms with Crippen LogP contribution in [0.1, 0.15) is 89.7 Å². The Bertz CT molecular complexity index is 1460. The summed E-state index contributed by atoms with van der Waals surface area (Å²) < 4.78 is 76.6. The Morgan fingerprint density at radius 1 is 1.07 bits per heavy atom. The number of rotatable bonds is 3. The molecule has 1 aromatic carbocycles. The van der Waals surface area contributed by atoms with Gasteiger partial charge in [0.1, 0.15) is 5.60 Å². The van der Waals surface area contributed by atoms with Gasteiger partial charge in [0.05, 0.1) is 0 Å². The lowest BCUT2D eigenvalue weighted by atomic mass is 9.50. The third kappa shape index (κ3) is 5.46. The Morgan fingerprint density at radius 2 is 1.75 bits per heavy atom. The number of benzene rings is 1. The number of nitrogens with one attached hydrogen (secondary N) is 1. The maximum Gasteiger partial charge on any atom is 0.456 e. The number of allylic oxidation sites excluding steroid dienone is 4. The maximum atomic E-state index is 15.1. The Morgan fingerprint density at radius 3 is 2.39 bits per heavy atom. The minimum absolute atomic E-state index is 0.0304. The molecule has 10 heteroatoms. The number of carbonyl (C=O) groups is 2. The van der Waals surface area contributed by atoms with E-state index in [2.05, 4.69) is 17.2 Å². The van der Waals surface area contributed by atoms with Gasteiger partial charge in [-0.15, -0.1) is 0 Å². The lowest BCUT2D eigenvalue weighted by Gasteiger charge is -2.56. The summed E-state index contributed by atoms with van der Waals surface area (Å²) in [6.45, 7) is 6.73. The molecule has 2 saturated carbocycles. The molecule has 4 aliphatic carbocycles. The summed E-state index contributed by atoms with van der Waals surface area (Å²) in [5, 5.41) is 14.1. The molecular weight excluding hydrogens is 581 g/mol. The summed E-state index contributed by atoms with van der Waals surface area (Å²) in [5.41, 5.74) is -1.13. The number of fused-ring (bicyclic) bond motifs is 4. The van der Waals surface area contributed by atoms with Gasteiger partial charge in [0.15, 0.2) is 12.4 Å². The highest BCUT2D eigenvalue weighted by Gasteiger charge is 2.79. The van der Waals surface area contributed by atoms with E-state index in [0.29, 0.717) is 31.2 Å². The zero-order valence-electron chi connectivity index (χ0n) is 25.3. The normalized spacial score (nSPS) is 30.4. The summed E-state index contributed by atoms with van der Waals surface area (Å²) >= 11 is 0. The smallest absolute Gasteiger partial charge is 0.436 e. The highest BCUT2D eigenvalue weighted by Crippen LogP contribution is 2.70. The SMILES string of the molecule is CC(C)(C)NC(=O)OCC#Cc1ccc([C@H]2C[C@@]3(C)C(CC[C@@]3(O)C(F)(F)C(F)(F)F)C3CCC4=CC(=O)CCC4=C32)cc1. The number of ether oxygens (including phenoxy) is 1. The van der Waals surface area contributed by atoms with Gasteiger partial charge < -0.3 is 15.2 Å². The Kier molecular flexibility index (Phi) is 8.06. The van der Waals surface area contributed by atoms with Gasteiger partial charge in [0.25, 0.3) is 0 Å². The first kappa shape index (κ1) is 32.2. The number of alkyl halides is 5. The molecule has 0 saturated heterocycles. The fraction of sp³-hybridized carbons (Fsp3) is 0.588. The van der Waals surface area contributed by atoms with Crippen molar-refractivity contribution in [2.75, 3.05) is 6.61 Å². The number of ketones is 1. The Hall–Kier alpha value is -3.19. The topological polar surface area (TPSA) is 75.6 Å². The van der Waals surface area contributed by atoms with Gasteiger partial charge in [-0.2, -0.15) is 22.0 Å². The lowest BCUT2D eigenvalue weighted by molar-refractivity contribution is -0.362. The zero-order chi connectivity index (χ0) is 32.3. The average Bonchev–Trinajstić information content (AvgIpc) is 3.20. The number of hydrogen-bond acceptors (Lipinski definition) is 4. The van der Waals surface area contributed by atoms with E-state index in [4.69, 9.17) is 4.74 Å². The molecule has 0 aromatic heterocycles. The van der Waals surface area contributed by atoms with Crippen LogP contribution in [0.3, 0.4) is 0 Å². The van der Waals surface area contributed by atoms with Crippen molar-refractivity contribution >= 4 is 11.9 Å². The highest BCUT2D eigenvalue weighted by atomic mass is 19.4. The number of aliphatic hydroxyl groups is 1. The predicted octanol–water partition coefficient (Wildman–Crippen LogP) is 7.39. The second-order valence-electron chi connectivity index (χ2n) is 13.8. The molecule has 0 aliphatic heterocycles. The molecule has 2 N–H and O–H groups in total. The van der Waals surface area contributed by atoms with Crippen LogP contribution in [-0.2, 0) is 9.53 Å². The molecule has 5 nitrogen and oxygen atoms in total. The van der Waals surface area contributed by atoms with E-state index in [1.165, 1.54) is 6.92 Å². The summed E-state index contributed by atoms with van der Waals surface area (Å²) in [4.78, 5) is 24.1. The molecule has 0 spiro atoms. The van der Waals surface area contributed by atoms with Crippen LogP contribution in [0.5, 0.6) is 0 Å². The average molecular weight is 620 g/mol. The Labute approximate surface area is 254 Å². The van der Waals surface area contributed by atoms with E-state index in [9.17, 15) is 27.9 Å². The molecule has 4 aliphatic rings. The minimum atomic E-state index is -5.89. The van der Waals surface area contributed by atoms with Gasteiger partial charge in [0.2, 0.25) is 0 Å². The zero-order valence-corrected chi connectivity index (χ0v) is 25.3. The quantitative estimate of drug-likeness (QED) is 0.273. The van der Waals surface area contributed by atoms with Crippen molar-refractivity contribution in [1.82, 2.24) is 5.32 Å². The van der Waals surface area contributed by atoms with Crippen molar-refractivity contribution in [1.29, 1.82) is 0 Å². The number of hydrogen-bond donors (Lipinski definition) is 2. The van der Waals surface area contributed by atoms with Crippen molar-refractivity contribution in [3.05, 3.63) is 58.2 Å². The van der Waals surface area contributed by atoms with Gasteiger partial charge in [-0.1, -0.05) is 36.5 Å². The van der Waals surface area contributed by atoms with E-state index in [-0.39, 0.29) is 31.1 Å². The van der Waals surface area contributed by atoms with Crippen molar-refractivity contribution in [3.8, 4) is 11.8 Å². The van der Waals surface area contributed by atoms with Crippen LogP contribution in [0, 0.1) is 29.1 Å². The molecule has 1 amide bonds. The molecule has 0 bridgehead atoms. The fourth-order valence-corrected chi connectivity index (χ4v) is 8.10. The molecule has 2 fully saturated rings. The lowest BCUT2D eigenvalue weighted by Crippen LogP contribution is -2.65. The second kappa shape index (κ2) is 11.0. The van der Waals surface area contributed by atoms with Crippen LogP contribution >= 0.6 is 0 Å². The molecule has 5 atom stereocenters. The molecule has 0 radical (unpaired) electrons. The molecule has 1 aromatic rings. The number of carbonyl (C=O) groups excluding carboxylic acids is 2. The largest absolute Gasteiger partial charge is 0.456 e. The first-order chi connectivity index (χ1) is 20.4. The van der Waals surface area contributed by atoms with Crippen LogP contribution in [-0.4, -0.2) is 46.8 Å². The van der Waals surface area contributed by atoms with Crippen molar-refractivity contribution < 1.29 is 41.4 Å². The van der Waals surface area contributed by atoms with Gasteiger partial charge in [-0.05, 0) is 106 Å². The maximum absolute atomic E-state index is 15.1. The molecule has 238 valence electrons. The standard InChI is InChI=1S/C34H38F5NO4/c1-30(2,3)40-29(42)44-17-5-6-20-7-9-21(10-8-20)26-19-31(4)27(15-16-32(31,43)33(35,36)34(37,38)39)25-13-11-22-18-23(41)12-14-24(22)28(25)26/h7-10,18,25-27,43H,11-17,19H2,1-4H3,(H,40,42)/t25?,26-,27?,31+,32+/m1/s1. The van der Waals surface area contributed by atoms with Crippen molar-refractivity contribution in [2.45, 2.75) is 102 Å². The minimum Gasteiger partial charge on any atom is -0.436 e. The Balaban J connectivity index is 1.49. The molecule has 2 unspecified atom stereocenters. The van der Waals surface area contributed by atoms with Crippen molar-refractivity contribution in [2.24, 2.45) is 17.3 Å². The van der Waals surface area contributed by atoms with E-state index in [1.54, 1.807) is 30.3 Å². The first-order valence-corrected chi connectivity index (χ1v) is 15.1. The van der Waals surface area contributed by atoms with Crippen LogP contribution in [0.15, 0.2) is 47.1 Å². The van der Waals surface area contributed by atoms with Gasteiger partial charge in [-0.3, -0.25) is 4.79 Å². The highest BCUT2D eigenvalue weighted by molar-refractivity contribution is 5.93. The summed E-state index contributed by atoms with van der Waals surface area (Å²) in [6, 6.07) is 7.05. The van der Waals surface area contributed by atoms with E-state index in [0.717, 1.165) is 22.3 Å². The fourth-order valence-electron chi connectivity index (χ4n) is 8.10. The van der Waals surface area contributed by atoms with Crippen LogP contribution in [0.25, 0.3) is 0 Å². The summed E-state index contributed by atoms with van der Waals surface area (Å²) in [5.74, 6) is -0.914. The molecule has 0 heterocycles. The molecule has 44 heavy (non-hydrogen) atoms. The van der Waals surface area contributed by atoms with Gasteiger partial charge >= 0.3 is 18.2 Å². The predicted molar refractivity (Wildman–Crippen MR) is 154 cm³/mol.